The van der Waals surface area contributed by atoms with E-state index in [4.69, 9.17) is 4.74 Å². The van der Waals surface area contributed by atoms with Gasteiger partial charge in [-0.1, -0.05) is 30.3 Å². The molecule has 1 fully saturated rings. The lowest BCUT2D eigenvalue weighted by Gasteiger charge is -2.32. The van der Waals surface area contributed by atoms with Gasteiger partial charge in [0.2, 0.25) is 5.88 Å². The van der Waals surface area contributed by atoms with Crippen molar-refractivity contribution in [3.05, 3.63) is 59.2 Å². The zero-order chi connectivity index (χ0) is 18.6. The highest BCUT2D eigenvalue weighted by Gasteiger charge is 2.27. The van der Waals surface area contributed by atoms with E-state index in [9.17, 15) is 4.79 Å². The van der Waals surface area contributed by atoms with Crippen molar-refractivity contribution in [1.29, 1.82) is 0 Å². The number of aryl methyl sites for hydroxylation is 1. The number of aromatic nitrogens is 3. The Hall–Kier alpha value is -2.80. The lowest BCUT2D eigenvalue weighted by molar-refractivity contribution is 0.0521. The highest BCUT2D eigenvalue weighted by molar-refractivity contribution is 7.13. The van der Waals surface area contributed by atoms with E-state index in [1.807, 2.05) is 59.7 Å². The van der Waals surface area contributed by atoms with Crippen LogP contribution in [0.15, 0.2) is 47.8 Å². The monoisotopic (exact) mass is 380 g/mol. The van der Waals surface area contributed by atoms with Crippen molar-refractivity contribution in [3.8, 4) is 16.5 Å². The maximum Gasteiger partial charge on any atom is 0.273 e. The zero-order valence-corrected chi connectivity index (χ0v) is 15.9. The molecule has 3 aromatic rings. The molecule has 138 valence electrons. The van der Waals surface area contributed by atoms with Crippen molar-refractivity contribution < 1.29 is 9.53 Å². The number of benzene rings is 1. The number of hydrogen-bond donors (Lipinski definition) is 0. The Morgan fingerprint density at radius 3 is 2.81 bits per heavy atom. The van der Waals surface area contributed by atoms with Crippen LogP contribution in [0, 0.1) is 6.92 Å². The van der Waals surface area contributed by atoms with Crippen LogP contribution in [0.3, 0.4) is 0 Å². The van der Waals surface area contributed by atoms with Gasteiger partial charge in [-0.2, -0.15) is 5.10 Å². The lowest BCUT2D eigenvalue weighted by atomic mass is 10.1. The van der Waals surface area contributed by atoms with Crippen LogP contribution in [0.1, 0.15) is 29.0 Å². The molecular formula is C20H20N4O2S. The van der Waals surface area contributed by atoms with Crippen LogP contribution < -0.4 is 4.74 Å². The number of likely N-dealkylation sites (tertiary alicyclic amines) is 1. The second-order valence-electron chi connectivity index (χ2n) is 6.55. The van der Waals surface area contributed by atoms with Crippen LogP contribution in [0.4, 0.5) is 0 Å². The summed E-state index contributed by atoms with van der Waals surface area (Å²) in [4.78, 5) is 19.2. The molecule has 0 bridgehead atoms. The van der Waals surface area contributed by atoms with E-state index in [1.165, 1.54) is 11.3 Å². The summed E-state index contributed by atoms with van der Waals surface area (Å²) in [5.41, 5.74) is 2.37. The first-order valence-corrected chi connectivity index (χ1v) is 9.84. The molecule has 1 aliphatic heterocycles. The second kappa shape index (κ2) is 7.84. The molecule has 0 spiro atoms. The minimum Gasteiger partial charge on any atom is -0.471 e. The van der Waals surface area contributed by atoms with E-state index in [-0.39, 0.29) is 12.0 Å². The minimum absolute atomic E-state index is 0.0447. The number of ether oxygens (including phenoxy) is 1. The van der Waals surface area contributed by atoms with Gasteiger partial charge >= 0.3 is 0 Å². The Balaban J connectivity index is 1.43. The van der Waals surface area contributed by atoms with Crippen molar-refractivity contribution in [3.63, 3.8) is 0 Å². The summed E-state index contributed by atoms with van der Waals surface area (Å²) in [5.74, 6) is 0.455. The van der Waals surface area contributed by atoms with Gasteiger partial charge in [-0.05, 0) is 25.8 Å². The Kier molecular flexibility index (Phi) is 5.11. The predicted molar refractivity (Wildman–Crippen MR) is 104 cm³/mol. The molecule has 0 aliphatic carbocycles. The fourth-order valence-electron chi connectivity index (χ4n) is 3.09. The Morgan fingerprint density at radius 1 is 1.19 bits per heavy atom. The van der Waals surface area contributed by atoms with E-state index < -0.39 is 0 Å². The van der Waals surface area contributed by atoms with Crippen molar-refractivity contribution in [2.75, 3.05) is 13.1 Å². The van der Waals surface area contributed by atoms with Gasteiger partial charge in [-0.25, -0.2) is 4.98 Å². The molecule has 1 aliphatic rings. The van der Waals surface area contributed by atoms with Gasteiger partial charge in [0.25, 0.3) is 5.91 Å². The number of carbonyl (C=O) groups is 1. The number of amides is 1. The Bertz CT molecular complexity index is 911. The zero-order valence-electron chi connectivity index (χ0n) is 15.0. The molecule has 1 atom stereocenters. The normalized spacial score (nSPS) is 16.9. The molecular weight excluding hydrogens is 360 g/mol. The van der Waals surface area contributed by atoms with Gasteiger partial charge in [0, 0.05) is 23.6 Å². The summed E-state index contributed by atoms with van der Waals surface area (Å²) >= 11 is 1.49. The van der Waals surface area contributed by atoms with Gasteiger partial charge in [0.15, 0.2) is 0 Å². The maximum absolute atomic E-state index is 12.9. The van der Waals surface area contributed by atoms with Crippen LogP contribution in [0.25, 0.3) is 10.6 Å². The lowest BCUT2D eigenvalue weighted by Crippen LogP contribution is -2.44. The first kappa shape index (κ1) is 17.6. The molecule has 27 heavy (non-hydrogen) atoms. The topological polar surface area (TPSA) is 68.2 Å². The molecule has 2 aromatic heterocycles. The number of nitrogens with zero attached hydrogens (tertiary/aromatic N) is 4. The summed E-state index contributed by atoms with van der Waals surface area (Å²) < 4.78 is 5.92. The van der Waals surface area contributed by atoms with E-state index in [0.29, 0.717) is 18.1 Å². The summed E-state index contributed by atoms with van der Waals surface area (Å²) in [5, 5.41) is 10.8. The predicted octanol–water partition coefficient (Wildman–Crippen LogP) is 3.59. The highest BCUT2D eigenvalue weighted by atomic mass is 32.1. The smallest absolute Gasteiger partial charge is 0.273 e. The molecule has 1 saturated heterocycles. The SMILES string of the molecule is Cc1ccc(OC2CCCN(C(=O)c3csc(-c4ccccc4)n3)C2)nn1. The van der Waals surface area contributed by atoms with Crippen molar-refractivity contribution in [2.45, 2.75) is 25.9 Å². The number of rotatable bonds is 4. The second-order valence-corrected chi connectivity index (χ2v) is 7.41. The molecule has 1 amide bonds. The molecule has 7 heteroatoms. The van der Waals surface area contributed by atoms with E-state index in [0.717, 1.165) is 35.7 Å². The third-order valence-corrected chi connectivity index (χ3v) is 5.36. The third-order valence-electron chi connectivity index (χ3n) is 4.47. The molecule has 6 nitrogen and oxygen atoms in total. The van der Waals surface area contributed by atoms with Gasteiger partial charge in [-0.3, -0.25) is 4.79 Å². The average molecular weight is 380 g/mol. The van der Waals surface area contributed by atoms with E-state index in [2.05, 4.69) is 15.2 Å². The Morgan fingerprint density at radius 2 is 2.04 bits per heavy atom. The fraction of sp³-hybridized carbons (Fsp3) is 0.300. The fourth-order valence-corrected chi connectivity index (χ4v) is 3.89. The first-order valence-electron chi connectivity index (χ1n) is 8.96. The summed E-state index contributed by atoms with van der Waals surface area (Å²) in [6, 6.07) is 13.6. The van der Waals surface area contributed by atoms with Crippen LogP contribution in [-0.2, 0) is 0 Å². The van der Waals surface area contributed by atoms with Crippen molar-refractivity contribution >= 4 is 17.2 Å². The van der Waals surface area contributed by atoms with Crippen LogP contribution in [-0.4, -0.2) is 45.2 Å². The van der Waals surface area contributed by atoms with Crippen LogP contribution in [0.5, 0.6) is 5.88 Å². The van der Waals surface area contributed by atoms with Gasteiger partial charge in [-0.15, -0.1) is 16.4 Å². The number of hydrogen-bond acceptors (Lipinski definition) is 6. The summed E-state index contributed by atoms with van der Waals surface area (Å²) in [6.45, 7) is 3.14. The minimum atomic E-state index is -0.0769. The molecule has 0 N–H and O–H groups in total. The third kappa shape index (κ3) is 4.14. The molecule has 0 saturated carbocycles. The van der Waals surface area contributed by atoms with E-state index >= 15 is 0 Å². The van der Waals surface area contributed by atoms with Gasteiger partial charge in [0.1, 0.15) is 16.8 Å². The molecule has 1 unspecified atom stereocenters. The molecule has 1 aromatic carbocycles. The molecule has 3 heterocycles. The number of carbonyl (C=O) groups excluding carboxylic acids is 1. The standard InChI is InChI=1S/C20H20N4O2S/c1-14-9-10-18(23-22-14)26-16-8-5-11-24(12-16)20(25)17-13-27-19(21-17)15-6-3-2-4-7-15/h2-4,6-7,9-10,13,16H,5,8,11-12H2,1H3. The summed E-state index contributed by atoms with van der Waals surface area (Å²) in [6.07, 6.45) is 1.71. The van der Waals surface area contributed by atoms with Gasteiger partial charge in [0.05, 0.1) is 12.2 Å². The first-order chi connectivity index (χ1) is 13.2. The summed E-state index contributed by atoms with van der Waals surface area (Å²) in [7, 11) is 0. The number of thiazole rings is 1. The van der Waals surface area contributed by atoms with Crippen molar-refractivity contribution in [2.24, 2.45) is 0 Å². The average Bonchev–Trinajstić information content (AvgIpc) is 3.20. The van der Waals surface area contributed by atoms with Crippen LogP contribution >= 0.6 is 11.3 Å². The van der Waals surface area contributed by atoms with Gasteiger partial charge < -0.3 is 9.64 Å². The number of piperidine rings is 1. The molecule has 0 radical (unpaired) electrons. The highest BCUT2D eigenvalue weighted by Crippen LogP contribution is 2.25. The molecule has 4 rings (SSSR count). The van der Waals surface area contributed by atoms with Crippen LogP contribution in [0.2, 0.25) is 0 Å². The van der Waals surface area contributed by atoms with E-state index in [1.54, 1.807) is 0 Å². The quantitative estimate of drug-likeness (QED) is 0.692. The largest absolute Gasteiger partial charge is 0.471 e. The van der Waals surface area contributed by atoms with Crippen molar-refractivity contribution in [1.82, 2.24) is 20.1 Å². The maximum atomic E-state index is 12.9. The Labute approximate surface area is 161 Å².